The summed E-state index contributed by atoms with van der Waals surface area (Å²) in [5, 5.41) is 0. The molecule has 0 radical (unpaired) electrons. The topological polar surface area (TPSA) is 84.7 Å². The van der Waals surface area contributed by atoms with Crippen molar-refractivity contribution in [2.75, 3.05) is 26.8 Å². The molecule has 6 nitrogen and oxygen atoms in total. The first kappa shape index (κ1) is 10.9. The van der Waals surface area contributed by atoms with Crippen molar-refractivity contribution >= 4 is 11.8 Å². The molecule has 0 spiro atoms. The first-order valence-electron chi connectivity index (χ1n) is 4.46. The van der Waals surface area contributed by atoms with E-state index in [-0.39, 0.29) is 24.2 Å². The molecule has 1 aliphatic heterocycles. The number of methoxy groups -OCH3 is 1. The van der Waals surface area contributed by atoms with Crippen molar-refractivity contribution in [2.45, 2.75) is 6.42 Å². The molecule has 0 aromatic heterocycles. The van der Waals surface area contributed by atoms with Gasteiger partial charge in [-0.1, -0.05) is 0 Å². The fraction of sp³-hybridized carbons (Fsp3) is 0.750. The van der Waals surface area contributed by atoms with Crippen LogP contribution in [0.2, 0.25) is 0 Å². The number of ether oxygens (including phenoxy) is 1. The Morgan fingerprint density at radius 3 is 3.07 bits per heavy atom. The highest BCUT2D eigenvalue weighted by Crippen LogP contribution is 2.16. The third-order valence-electron chi connectivity index (χ3n) is 2.29. The number of amides is 2. The summed E-state index contributed by atoms with van der Waals surface area (Å²) in [5.41, 5.74) is 2.06. The molecule has 0 unspecified atom stereocenters. The zero-order valence-corrected chi connectivity index (χ0v) is 8.16. The van der Waals surface area contributed by atoms with Crippen LogP contribution in [0, 0.1) is 5.92 Å². The van der Waals surface area contributed by atoms with Gasteiger partial charge in [0.1, 0.15) is 0 Å². The molecule has 1 rings (SSSR count). The molecular weight excluding hydrogens is 186 g/mol. The normalized spacial score (nSPS) is 21.4. The van der Waals surface area contributed by atoms with E-state index in [0.29, 0.717) is 19.7 Å². The van der Waals surface area contributed by atoms with Crippen LogP contribution in [0.5, 0.6) is 0 Å². The Hall–Kier alpha value is -1.14. The van der Waals surface area contributed by atoms with Crippen LogP contribution in [0.25, 0.3) is 0 Å². The number of hydrogen-bond acceptors (Lipinski definition) is 4. The van der Waals surface area contributed by atoms with Gasteiger partial charge in [0.2, 0.25) is 11.8 Å². The number of nitrogens with zero attached hydrogens (tertiary/aromatic N) is 1. The van der Waals surface area contributed by atoms with Gasteiger partial charge in [-0.15, -0.1) is 0 Å². The molecule has 0 saturated carbocycles. The van der Waals surface area contributed by atoms with E-state index in [9.17, 15) is 9.59 Å². The molecule has 1 fully saturated rings. The Morgan fingerprint density at radius 1 is 1.79 bits per heavy atom. The zero-order valence-electron chi connectivity index (χ0n) is 8.16. The van der Waals surface area contributed by atoms with Gasteiger partial charge in [0.05, 0.1) is 12.5 Å². The molecule has 0 aromatic rings. The molecule has 1 saturated heterocycles. The number of carbonyl (C=O) groups is 2. The molecule has 1 atom stereocenters. The minimum absolute atomic E-state index is 0.0179. The van der Waals surface area contributed by atoms with Crippen LogP contribution in [-0.2, 0) is 14.3 Å². The lowest BCUT2D eigenvalue weighted by atomic mass is 10.1. The van der Waals surface area contributed by atoms with Crippen LogP contribution in [0.1, 0.15) is 6.42 Å². The highest BCUT2D eigenvalue weighted by Gasteiger charge is 2.33. The van der Waals surface area contributed by atoms with Crippen LogP contribution in [-0.4, -0.2) is 43.5 Å². The summed E-state index contributed by atoms with van der Waals surface area (Å²) in [5.74, 6) is 4.38. The average Bonchev–Trinajstić information content (AvgIpc) is 2.56. The van der Waals surface area contributed by atoms with Gasteiger partial charge in [-0.05, 0) is 0 Å². The smallest absolute Gasteiger partial charge is 0.239 e. The number of hydrazine groups is 1. The standard InChI is InChI=1S/C8H15N3O3/c1-14-3-2-11-5-6(4-7(11)12)8(13)10-9/h6H,2-5,9H2,1H3,(H,10,13)/t6-/m0/s1. The third kappa shape index (κ3) is 2.43. The van der Waals surface area contributed by atoms with Gasteiger partial charge in [-0.3, -0.25) is 15.0 Å². The number of nitrogens with one attached hydrogen (secondary N) is 1. The second kappa shape index (κ2) is 4.92. The van der Waals surface area contributed by atoms with E-state index in [1.54, 1.807) is 12.0 Å². The van der Waals surface area contributed by atoms with Gasteiger partial charge >= 0.3 is 0 Å². The SMILES string of the molecule is COCCN1C[C@@H](C(=O)NN)CC1=O. The molecule has 14 heavy (non-hydrogen) atoms. The monoisotopic (exact) mass is 201 g/mol. The Balaban J connectivity index is 2.43. The average molecular weight is 201 g/mol. The van der Waals surface area contributed by atoms with Crippen LogP contribution in [0.15, 0.2) is 0 Å². The van der Waals surface area contributed by atoms with Crippen molar-refractivity contribution in [1.82, 2.24) is 10.3 Å². The second-order valence-electron chi connectivity index (χ2n) is 3.24. The maximum Gasteiger partial charge on any atom is 0.239 e. The van der Waals surface area contributed by atoms with Gasteiger partial charge in [0.25, 0.3) is 0 Å². The van der Waals surface area contributed by atoms with Gasteiger partial charge in [0.15, 0.2) is 0 Å². The van der Waals surface area contributed by atoms with Crippen LogP contribution in [0.4, 0.5) is 0 Å². The van der Waals surface area contributed by atoms with Crippen molar-refractivity contribution in [3.63, 3.8) is 0 Å². The van der Waals surface area contributed by atoms with E-state index in [1.807, 2.05) is 0 Å². The number of hydrogen-bond donors (Lipinski definition) is 2. The summed E-state index contributed by atoms with van der Waals surface area (Å²) in [4.78, 5) is 24.1. The van der Waals surface area contributed by atoms with E-state index >= 15 is 0 Å². The van der Waals surface area contributed by atoms with Crippen LogP contribution in [0.3, 0.4) is 0 Å². The molecule has 2 amide bonds. The van der Waals surface area contributed by atoms with Crippen molar-refractivity contribution < 1.29 is 14.3 Å². The number of nitrogens with two attached hydrogens (primary N) is 1. The Bertz CT molecular complexity index is 232. The van der Waals surface area contributed by atoms with Crippen molar-refractivity contribution in [1.29, 1.82) is 0 Å². The molecule has 1 heterocycles. The van der Waals surface area contributed by atoms with Gasteiger partial charge in [-0.2, -0.15) is 0 Å². The van der Waals surface area contributed by atoms with Gasteiger partial charge in [-0.25, -0.2) is 5.84 Å². The quantitative estimate of drug-likeness (QED) is 0.328. The molecule has 0 aliphatic carbocycles. The van der Waals surface area contributed by atoms with Crippen LogP contribution >= 0.6 is 0 Å². The Morgan fingerprint density at radius 2 is 2.50 bits per heavy atom. The molecule has 3 N–H and O–H groups in total. The molecule has 0 bridgehead atoms. The molecule has 6 heteroatoms. The maximum absolute atomic E-state index is 11.4. The highest BCUT2D eigenvalue weighted by atomic mass is 16.5. The van der Waals surface area contributed by atoms with E-state index in [1.165, 1.54) is 0 Å². The summed E-state index contributed by atoms with van der Waals surface area (Å²) in [7, 11) is 1.57. The fourth-order valence-electron chi connectivity index (χ4n) is 1.48. The summed E-state index contributed by atoms with van der Waals surface area (Å²) in [6.45, 7) is 1.46. The molecule has 0 aromatic carbocycles. The Labute approximate surface area is 82.3 Å². The van der Waals surface area contributed by atoms with E-state index in [0.717, 1.165) is 0 Å². The second-order valence-corrected chi connectivity index (χ2v) is 3.24. The first-order valence-corrected chi connectivity index (χ1v) is 4.46. The largest absolute Gasteiger partial charge is 0.383 e. The lowest BCUT2D eigenvalue weighted by Crippen LogP contribution is -2.37. The lowest BCUT2D eigenvalue weighted by molar-refractivity contribution is -0.129. The van der Waals surface area contributed by atoms with Crippen LogP contribution < -0.4 is 11.3 Å². The first-order chi connectivity index (χ1) is 6.69. The molecule has 1 aliphatic rings. The summed E-state index contributed by atoms with van der Waals surface area (Å²) in [6, 6.07) is 0. The Kier molecular flexibility index (Phi) is 3.84. The predicted molar refractivity (Wildman–Crippen MR) is 48.9 cm³/mol. The van der Waals surface area contributed by atoms with Crippen molar-refractivity contribution in [2.24, 2.45) is 11.8 Å². The van der Waals surface area contributed by atoms with E-state index < -0.39 is 0 Å². The zero-order chi connectivity index (χ0) is 10.6. The minimum atomic E-state index is -0.315. The predicted octanol–water partition coefficient (Wildman–Crippen LogP) is -1.53. The fourth-order valence-corrected chi connectivity index (χ4v) is 1.48. The van der Waals surface area contributed by atoms with E-state index in [2.05, 4.69) is 5.43 Å². The van der Waals surface area contributed by atoms with E-state index in [4.69, 9.17) is 10.6 Å². The summed E-state index contributed by atoms with van der Waals surface area (Å²) >= 11 is 0. The number of carbonyl (C=O) groups excluding carboxylic acids is 2. The van der Waals surface area contributed by atoms with Gasteiger partial charge in [0, 0.05) is 26.6 Å². The van der Waals surface area contributed by atoms with Gasteiger partial charge < -0.3 is 9.64 Å². The van der Waals surface area contributed by atoms with Crippen molar-refractivity contribution in [3.8, 4) is 0 Å². The highest BCUT2D eigenvalue weighted by molar-refractivity contribution is 5.88. The number of likely N-dealkylation sites (tertiary alicyclic amines) is 1. The lowest BCUT2D eigenvalue weighted by Gasteiger charge is -2.15. The van der Waals surface area contributed by atoms with Crippen molar-refractivity contribution in [3.05, 3.63) is 0 Å². The number of rotatable bonds is 4. The third-order valence-corrected chi connectivity index (χ3v) is 2.29. The minimum Gasteiger partial charge on any atom is -0.383 e. The maximum atomic E-state index is 11.4. The molecule has 80 valence electrons. The molecular formula is C8H15N3O3. The summed E-state index contributed by atoms with van der Waals surface area (Å²) in [6.07, 6.45) is 0.243. The summed E-state index contributed by atoms with van der Waals surface area (Å²) < 4.78 is 4.86.